The van der Waals surface area contributed by atoms with Gasteiger partial charge in [-0.3, -0.25) is 0 Å². The summed E-state index contributed by atoms with van der Waals surface area (Å²) < 4.78 is 34.5. The van der Waals surface area contributed by atoms with E-state index in [4.69, 9.17) is 0 Å². The second-order valence-electron chi connectivity index (χ2n) is 2.11. The van der Waals surface area contributed by atoms with Crippen LogP contribution in [0.15, 0.2) is 24.3 Å². The fourth-order valence-corrected chi connectivity index (χ4v) is 0.533. The van der Waals surface area contributed by atoms with E-state index in [0.29, 0.717) is 0 Å². The average Bonchev–Trinajstić information content (AvgIpc) is 1.85. The minimum Gasteiger partial charge on any atom is -0.171 e. The molecule has 0 radical (unpaired) electrons. The summed E-state index contributed by atoms with van der Waals surface area (Å²) in [5, 5.41) is 0. The van der Waals surface area contributed by atoms with Crippen LogP contribution in [0.25, 0.3) is 0 Å². The molecule has 0 aliphatic heterocycles. The molecule has 0 aliphatic carbocycles. The van der Waals surface area contributed by atoms with E-state index in [0.717, 1.165) is 0 Å². The molecule has 0 unspecified atom stereocenters. The van der Waals surface area contributed by atoms with Crippen molar-refractivity contribution in [3.63, 3.8) is 0 Å². The van der Waals surface area contributed by atoms with Crippen LogP contribution in [0.3, 0.4) is 0 Å². The minimum absolute atomic E-state index is 0.0633. The number of rotatable bonds is 3. The maximum absolute atomic E-state index is 11.5. The van der Waals surface area contributed by atoms with Gasteiger partial charge in [-0.25, -0.2) is 0 Å². The van der Waals surface area contributed by atoms with E-state index in [1.165, 1.54) is 6.08 Å². The first-order chi connectivity index (χ1) is 5.06. The van der Waals surface area contributed by atoms with Gasteiger partial charge in [-0.2, -0.15) is 13.2 Å². The lowest BCUT2D eigenvalue weighted by Gasteiger charge is -2.01. The van der Waals surface area contributed by atoms with E-state index in [2.05, 4.69) is 0 Å². The maximum atomic E-state index is 11.5. The first-order valence-electron chi connectivity index (χ1n) is 3.41. The van der Waals surface area contributed by atoms with Gasteiger partial charge in [0.25, 0.3) is 0 Å². The highest BCUT2D eigenvalue weighted by atomic mass is 19.4. The van der Waals surface area contributed by atoms with E-state index in [9.17, 15) is 13.2 Å². The van der Waals surface area contributed by atoms with Gasteiger partial charge in [-0.15, -0.1) is 0 Å². The van der Waals surface area contributed by atoms with Crippen LogP contribution in [-0.2, 0) is 0 Å². The molecule has 0 spiro atoms. The highest BCUT2D eigenvalue weighted by Gasteiger charge is 2.25. The summed E-state index contributed by atoms with van der Waals surface area (Å²) in [6, 6.07) is 0. The molecule has 0 amide bonds. The molecular formula is C8H11F3. The second-order valence-corrected chi connectivity index (χ2v) is 2.11. The molecule has 0 atom stereocenters. The van der Waals surface area contributed by atoms with Gasteiger partial charge in [0, 0.05) is 6.42 Å². The fourth-order valence-electron chi connectivity index (χ4n) is 0.533. The molecule has 0 fully saturated rings. The fraction of sp³-hybridized carbons (Fsp3) is 0.500. The molecule has 0 saturated heterocycles. The van der Waals surface area contributed by atoms with Crippen LogP contribution in [0, 0.1) is 0 Å². The van der Waals surface area contributed by atoms with Crippen LogP contribution in [0.1, 0.15) is 19.8 Å². The van der Waals surface area contributed by atoms with Crippen LogP contribution in [0.4, 0.5) is 13.2 Å². The normalized spacial score (nSPS) is 13.5. The summed E-state index contributed by atoms with van der Waals surface area (Å²) in [6.07, 6.45) is 1.90. The Bertz CT molecular complexity index is 142. The topological polar surface area (TPSA) is 0 Å². The van der Waals surface area contributed by atoms with Crippen molar-refractivity contribution in [1.82, 2.24) is 0 Å². The summed E-state index contributed by atoms with van der Waals surface area (Å²) in [5.74, 6) is 0. The standard InChI is InChI=1S/C8H11F3/c1-2-3-4-5-6-7-8(9,10)11/h2-5H,6-7H2,1H3/b3-2-,5-4-. The zero-order chi connectivity index (χ0) is 8.74. The van der Waals surface area contributed by atoms with Gasteiger partial charge >= 0.3 is 6.18 Å². The number of hydrogen-bond donors (Lipinski definition) is 0. The molecule has 0 N–H and O–H groups in total. The van der Waals surface area contributed by atoms with E-state index in [-0.39, 0.29) is 6.42 Å². The molecule has 0 nitrogen and oxygen atoms in total. The Kier molecular flexibility index (Phi) is 4.66. The Morgan fingerprint density at radius 1 is 1.18 bits per heavy atom. The van der Waals surface area contributed by atoms with Crippen LogP contribution in [-0.4, -0.2) is 6.18 Å². The molecule has 0 aromatic heterocycles. The summed E-state index contributed by atoms with van der Waals surface area (Å²) in [4.78, 5) is 0. The van der Waals surface area contributed by atoms with Gasteiger partial charge in [0.1, 0.15) is 0 Å². The molecule has 11 heavy (non-hydrogen) atoms. The lowest BCUT2D eigenvalue weighted by molar-refractivity contribution is -0.133. The molecule has 0 heterocycles. The van der Waals surface area contributed by atoms with Gasteiger partial charge in [-0.1, -0.05) is 24.3 Å². The quantitative estimate of drug-likeness (QED) is 0.560. The molecule has 0 saturated carbocycles. The Hall–Kier alpha value is -0.730. The number of halogens is 3. The molecule has 64 valence electrons. The zero-order valence-corrected chi connectivity index (χ0v) is 6.36. The molecule has 0 aliphatic rings. The van der Waals surface area contributed by atoms with Gasteiger partial charge < -0.3 is 0 Å². The summed E-state index contributed by atoms with van der Waals surface area (Å²) in [7, 11) is 0. The van der Waals surface area contributed by atoms with E-state index in [1.807, 2.05) is 6.92 Å². The van der Waals surface area contributed by atoms with Crippen molar-refractivity contribution in [2.75, 3.05) is 0 Å². The number of allylic oxidation sites excluding steroid dienone is 4. The minimum atomic E-state index is -4.03. The zero-order valence-electron chi connectivity index (χ0n) is 6.36. The smallest absolute Gasteiger partial charge is 0.171 e. The third-order valence-corrected chi connectivity index (χ3v) is 1.03. The first kappa shape index (κ1) is 10.3. The van der Waals surface area contributed by atoms with Crippen molar-refractivity contribution in [3.8, 4) is 0 Å². The lowest BCUT2D eigenvalue weighted by atomic mass is 10.3. The predicted octanol–water partition coefficient (Wildman–Crippen LogP) is 3.46. The van der Waals surface area contributed by atoms with Crippen molar-refractivity contribution in [2.45, 2.75) is 25.9 Å². The summed E-state index contributed by atoms with van der Waals surface area (Å²) >= 11 is 0. The van der Waals surface area contributed by atoms with Crippen LogP contribution in [0.2, 0.25) is 0 Å². The molecule has 0 bridgehead atoms. The van der Waals surface area contributed by atoms with E-state index >= 15 is 0 Å². The monoisotopic (exact) mass is 164 g/mol. The van der Waals surface area contributed by atoms with Gasteiger partial charge in [0.05, 0.1) is 0 Å². The lowest BCUT2D eigenvalue weighted by Crippen LogP contribution is -2.05. The van der Waals surface area contributed by atoms with Crippen molar-refractivity contribution in [1.29, 1.82) is 0 Å². The maximum Gasteiger partial charge on any atom is 0.389 e. The van der Waals surface area contributed by atoms with Crippen molar-refractivity contribution in [2.24, 2.45) is 0 Å². The molecule has 0 aromatic rings. The Morgan fingerprint density at radius 2 is 1.82 bits per heavy atom. The third kappa shape index (κ3) is 9.27. The van der Waals surface area contributed by atoms with E-state index in [1.54, 1.807) is 18.2 Å². The number of hydrogen-bond acceptors (Lipinski definition) is 0. The SMILES string of the molecule is C/C=C\C=C/CCC(F)(F)F. The van der Waals surface area contributed by atoms with Gasteiger partial charge in [0.2, 0.25) is 0 Å². The van der Waals surface area contributed by atoms with Crippen molar-refractivity contribution < 1.29 is 13.2 Å². The summed E-state index contributed by atoms with van der Waals surface area (Å²) in [5.41, 5.74) is 0. The molecule has 3 heteroatoms. The van der Waals surface area contributed by atoms with Crippen LogP contribution >= 0.6 is 0 Å². The Labute approximate surface area is 64.4 Å². The number of alkyl halides is 3. The largest absolute Gasteiger partial charge is 0.389 e. The van der Waals surface area contributed by atoms with Gasteiger partial charge in [-0.05, 0) is 13.3 Å². The molecule has 0 aromatic carbocycles. The first-order valence-corrected chi connectivity index (χ1v) is 3.41. The van der Waals surface area contributed by atoms with Crippen LogP contribution < -0.4 is 0 Å². The molecule has 0 rings (SSSR count). The van der Waals surface area contributed by atoms with Gasteiger partial charge in [0.15, 0.2) is 0 Å². The Balaban J connectivity index is 3.42. The second kappa shape index (κ2) is 4.99. The highest BCUT2D eigenvalue weighted by molar-refractivity contribution is 5.00. The third-order valence-electron chi connectivity index (χ3n) is 1.03. The average molecular weight is 164 g/mol. The Morgan fingerprint density at radius 3 is 2.27 bits per heavy atom. The predicted molar refractivity (Wildman–Crippen MR) is 39.2 cm³/mol. The molecular weight excluding hydrogens is 153 g/mol. The van der Waals surface area contributed by atoms with Crippen molar-refractivity contribution >= 4 is 0 Å². The van der Waals surface area contributed by atoms with Crippen LogP contribution in [0.5, 0.6) is 0 Å². The van der Waals surface area contributed by atoms with E-state index < -0.39 is 12.6 Å². The highest BCUT2D eigenvalue weighted by Crippen LogP contribution is 2.21. The summed E-state index contributed by atoms with van der Waals surface area (Å²) in [6.45, 7) is 1.81. The van der Waals surface area contributed by atoms with Crippen molar-refractivity contribution in [3.05, 3.63) is 24.3 Å².